The van der Waals surface area contributed by atoms with E-state index in [4.69, 9.17) is 4.74 Å². The number of fused-ring (bicyclic) bond motifs is 1. The highest BCUT2D eigenvalue weighted by molar-refractivity contribution is 6.05. The van der Waals surface area contributed by atoms with Crippen molar-refractivity contribution in [3.63, 3.8) is 0 Å². The lowest BCUT2D eigenvalue weighted by molar-refractivity contribution is -0.153. The van der Waals surface area contributed by atoms with Gasteiger partial charge < -0.3 is 14.7 Å². The zero-order valence-electron chi connectivity index (χ0n) is 16.5. The van der Waals surface area contributed by atoms with Gasteiger partial charge in [-0.05, 0) is 48.8 Å². The summed E-state index contributed by atoms with van der Waals surface area (Å²) < 4.78 is 43.0. The molecule has 1 amide bonds. The molecule has 0 radical (unpaired) electrons. The summed E-state index contributed by atoms with van der Waals surface area (Å²) in [5.74, 6) is 0.423. The zero-order valence-corrected chi connectivity index (χ0v) is 16.5. The molecular formula is C23H24F3NO3. The van der Waals surface area contributed by atoms with Gasteiger partial charge in [0.25, 0.3) is 5.91 Å². The molecule has 4 rings (SSSR count). The van der Waals surface area contributed by atoms with Gasteiger partial charge in [0.15, 0.2) is 6.61 Å². The van der Waals surface area contributed by atoms with Crippen LogP contribution in [0, 0.1) is 5.92 Å². The number of nitrogens with zero attached hydrogens (tertiary/aromatic N) is 1. The van der Waals surface area contributed by atoms with E-state index >= 15 is 0 Å². The Labute approximate surface area is 173 Å². The van der Waals surface area contributed by atoms with Crippen molar-refractivity contribution in [3.05, 3.63) is 53.6 Å². The van der Waals surface area contributed by atoms with Crippen LogP contribution in [0.5, 0.6) is 5.75 Å². The second kappa shape index (κ2) is 8.30. The van der Waals surface area contributed by atoms with Crippen molar-refractivity contribution >= 4 is 5.91 Å². The molecule has 0 aromatic heterocycles. The average Bonchev–Trinajstić information content (AvgIpc) is 3.27. The van der Waals surface area contributed by atoms with Crippen LogP contribution in [0.4, 0.5) is 13.2 Å². The molecule has 1 aliphatic heterocycles. The molecule has 2 aromatic rings. The topological polar surface area (TPSA) is 49.8 Å². The normalized spacial score (nSPS) is 21.2. The van der Waals surface area contributed by atoms with E-state index in [1.807, 2.05) is 12.1 Å². The average molecular weight is 419 g/mol. The van der Waals surface area contributed by atoms with Gasteiger partial charge in [-0.3, -0.25) is 4.79 Å². The van der Waals surface area contributed by atoms with Crippen LogP contribution in [0.25, 0.3) is 11.1 Å². The Kier molecular flexibility index (Phi) is 5.73. The van der Waals surface area contributed by atoms with Gasteiger partial charge in [-0.25, -0.2) is 0 Å². The molecule has 1 aliphatic carbocycles. The molecule has 1 heterocycles. The van der Waals surface area contributed by atoms with Crippen LogP contribution < -0.4 is 4.74 Å². The number of aliphatic hydroxyl groups excluding tert-OH is 1. The van der Waals surface area contributed by atoms with Gasteiger partial charge in [0.05, 0.1) is 11.7 Å². The number of rotatable bonds is 6. The number of hydrogen-bond acceptors (Lipinski definition) is 3. The van der Waals surface area contributed by atoms with E-state index < -0.39 is 12.8 Å². The molecule has 0 spiro atoms. The van der Waals surface area contributed by atoms with Crippen molar-refractivity contribution in [1.29, 1.82) is 0 Å². The summed E-state index contributed by atoms with van der Waals surface area (Å²) in [4.78, 5) is 14.9. The van der Waals surface area contributed by atoms with E-state index in [0.717, 1.165) is 31.2 Å². The molecule has 1 N–H and O–H groups in total. The van der Waals surface area contributed by atoms with Crippen LogP contribution >= 0.6 is 0 Å². The Morgan fingerprint density at radius 3 is 2.57 bits per heavy atom. The SMILES string of the molecule is O=C1c2c(cccc2-c2ccccc2OCC(F)(F)F)CN1CC[C@H]1CC[C@H](O)C1. The summed E-state index contributed by atoms with van der Waals surface area (Å²) in [5.41, 5.74) is 2.48. The summed E-state index contributed by atoms with van der Waals surface area (Å²) in [5, 5.41) is 9.71. The fourth-order valence-corrected chi connectivity index (χ4v) is 4.45. The van der Waals surface area contributed by atoms with Crippen LogP contribution in [-0.4, -0.2) is 41.3 Å². The van der Waals surface area contributed by atoms with E-state index in [-0.39, 0.29) is 17.8 Å². The number of alkyl halides is 3. The van der Waals surface area contributed by atoms with Crippen molar-refractivity contribution < 1.29 is 27.8 Å². The predicted molar refractivity (Wildman–Crippen MR) is 106 cm³/mol. The molecule has 0 bridgehead atoms. The molecule has 4 nitrogen and oxygen atoms in total. The third-order valence-electron chi connectivity index (χ3n) is 5.90. The van der Waals surface area contributed by atoms with Crippen LogP contribution in [0.15, 0.2) is 42.5 Å². The summed E-state index contributed by atoms with van der Waals surface area (Å²) in [6.07, 6.45) is -1.25. The largest absolute Gasteiger partial charge is 0.483 e. The van der Waals surface area contributed by atoms with Crippen LogP contribution in [-0.2, 0) is 6.54 Å². The van der Waals surface area contributed by atoms with Gasteiger partial charge in [0, 0.05) is 18.7 Å². The van der Waals surface area contributed by atoms with Gasteiger partial charge in [-0.15, -0.1) is 0 Å². The number of halogens is 3. The molecule has 2 aromatic carbocycles. The van der Waals surface area contributed by atoms with E-state index in [9.17, 15) is 23.1 Å². The first-order valence-electron chi connectivity index (χ1n) is 10.2. The number of benzene rings is 2. The predicted octanol–water partition coefficient (Wildman–Crippen LogP) is 4.80. The number of hydrogen-bond donors (Lipinski definition) is 1. The zero-order chi connectivity index (χ0) is 21.3. The number of amides is 1. The summed E-state index contributed by atoms with van der Waals surface area (Å²) >= 11 is 0. The maximum absolute atomic E-state index is 13.1. The number of carbonyl (C=O) groups is 1. The van der Waals surface area contributed by atoms with Gasteiger partial charge in [0.1, 0.15) is 5.75 Å². The maximum Gasteiger partial charge on any atom is 0.422 e. The quantitative estimate of drug-likeness (QED) is 0.732. The fraction of sp³-hybridized carbons (Fsp3) is 0.435. The Morgan fingerprint density at radius 1 is 1.07 bits per heavy atom. The Balaban J connectivity index is 1.55. The molecule has 1 fully saturated rings. The van der Waals surface area contributed by atoms with Crippen molar-refractivity contribution in [2.75, 3.05) is 13.2 Å². The first-order valence-corrected chi connectivity index (χ1v) is 10.2. The van der Waals surface area contributed by atoms with Crippen molar-refractivity contribution in [2.45, 2.75) is 44.5 Å². The van der Waals surface area contributed by atoms with E-state index in [2.05, 4.69) is 0 Å². The Morgan fingerprint density at radius 2 is 1.83 bits per heavy atom. The Hall–Kier alpha value is -2.54. The highest BCUT2D eigenvalue weighted by Gasteiger charge is 2.33. The van der Waals surface area contributed by atoms with Crippen molar-refractivity contribution in [3.8, 4) is 16.9 Å². The summed E-state index contributed by atoms with van der Waals surface area (Å²) in [6, 6.07) is 12.0. The second-order valence-corrected chi connectivity index (χ2v) is 8.09. The van der Waals surface area contributed by atoms with E-state index in [1.54, 1.807) is 29.2 Å². The smallest absolute Gasteiger partial charge is 0.422 e. The molecule has 2 atom stereocenters. The molecule has 2 aliphatic rings. The summed E-state index contributed by atoms with van der Waals surface area (Å²) in [6.45, 7) is -0.286. The molecule has 160 valence electrons. The fourth-order valence-electron chi connectivity index (χ4n) is 4.45. The molecular weight excluding hydrogens is 395 g/mol. The molecule has 0 unspecified atom stereocenters. The number of ether oxygens (including phenoxy) is 1. The third-order valence-corrected chi connectivity index (χ3v) is 5.90. The van der Waals surface area contributed by atoms with Crippen LogP contribution in [0.1, 0.15) is 41.6 Å². The Bertz CT molecular complexity index is 928. The molecule has 30 heavy (non-hydrogen) atoms. The van der Waals surface area contributed by atoms with Gasteiger partial charge in [-0.1, -0.05) is 36.4 Å². The first-order chi connectivity index (χ1) is 14.3. The number of aliphatic hydroxyl groups is 1. The minimum atomic E-state index is -4.44. The van der Waals surface area contributed by atoms with E-state index in [0.29, 0.717) is 35.7 Å². The van der Waals surface area contributed by atoms with Crippen molar-refractivity contribution in [1.82, 2.24) is 4.90 Å². The number of carbonyl (C=O) groups excluding carboxylic acids is 1. The van der Waals surface area contributed by atoms with Crippen LogP contribution in [0.2, 0.25) is 0 Å². The monoisotopic (exact) mass is 419 g/mol. The number of para-hydroxylation sites is 1. The lowest BCUT2D eigenvalue weighted by Gasteiger charge is -2.18. The second-order valence-electron chi connectivity index (χ2n) is 8.09. The minimum Gasteiger partial charge on any atom is -0.483 e. The maximum atomic E-state index is 13.1. The minimum absolute atomic E-state index is 0.106. The van der Waals surface area contributed by atoms with E-state index in [1.165, 1.54) is 6.07 Å². The highest BCUT2D eigenvalue weighted by atomic mass is 19.4. The molecule has 1 saturated carbocycles. The molecule has 0 saturated heterocycles. The third kappa shape index (κ3) is 4.46. The van der Waals surface area contributed by atoms with Crippen LogP contribution in [0.3, 0.4) is 0 Å². The highest BCUT2D eigenvalue weighted by Crippen LogP contribution is 2.38. The van der Waals surface area contributed by atoms with Gasteiger partial charge in [-0.2, -0.15) is 13.2 Å². The standard InChI is InChI=1S/C23H24F3NO3/c24-23(25,26)14-30-20-7-2-1-5-18(20)19-6-3-4-16-13-27(22(29)21(16)19)11-10-15-8-9-17(28)12-15/h1-7,15,17,28H,8-14H2/t15-,17+/m1/s1. The first kappa shape index (κ1) is 20.7. The summed E-state index contributed by atoms with van der Waals surface area (Å²) in [7, 11) is 0. The van der Waals surface area contributed by atoms with Crippen molar-refractivity contribution in [2.24, 2.45) is 5.92 Å². The lowest BCUT2D eigenvalue weighted by atomic mass is 9.96. The van der Waals surface area contributed by atoms with Gasteiger partial charge in [0.2, 0.25) is 0 Å². The van der Waals surface area contributed by atoms with Gasteiger partial charge >= 0.3 is 6.18 Å². The molecule has 7 heteroatoms. The lowest BCUT2D eigenvalue weighted by Crippen LogP contribution is -2.26.